The quantitative estimate of drug-likeness (QED) is 0.687. The molecule has 0 radical (unpaired) electrons. The zero-order valence-corrected chi connectivity index (χ0v) is 14.2. The predicted molar refractivity (Wildman–Crippen MR) is 96.4 cm³/mol. The van der Waals surface area contributed by atoms with E-state index in [2.05, 4.69) is 5.10 Å². The van der Waals surface area contributed by atoms with Crippen molar-refractivity contribution >= 4 is 11.6 Å². The van der Waals surface area contributed by atoms with Gasteiger partial charge in [-0.25, -0.2) is 9.40 Å². The van der Waals surface area contributed by atoms with Gasteiger partial charge in [0.05, 0.1) is 12.3 Å². The zero-order chi connectivity index (χ0) is 18.1. The number of carbonyl (C=O) groups excluding carboxylic acids is 1. The molecule has 0 saturated heterocycles. The molecule has 0 saturated carbocycles. The van der Waals surface area contributed by atoms with E-state index in [1.54, 1.807) is 18.4 Å². The van der Waals surface area contributed by atoms with E-state index in [0.29, 0.717) is 17.9 Å². The summed E-state index contributed by atoms with van der Waals surface area (Å²) in [6.45, 7) is 2.01. The van der Waals surface area contributed by atoms with Gasteiger partial charge >= 0.3 is 0 Å². The molecule has 0 fully saturated rings. The summed E-state index contributed by atoms with van der Waals surface area (Å²) in [6.07, 6.45) is 2.12. The van der Waals surface area contributed by atoms with Crippen molar-refractivity contribution in [1.29, 1.82) is 0 Å². The molecule has 0 spiro atoms. The monoisotopic (exact) mass is 348 g/mol. The number of nitrogens with zero attached hydrogens (tertiary/aromatic N) is 2. The van der Waals surface area contributed by atoms with E-state index >= 15 is 0 Å². The molecule has 1 amide bonds. The number of amides is 1. The third-order valence-electron chi connectivity index (χ3n) is 4.42. The van der Waals surface area contributed by atoms with Crippen molar-refractivity contribution in [2.24, 2.45) is 5.10 Å². The molecule has 1 aliphatic heterocycles. The van der Waals surface area contributed by atoms with Crippen LogP contribution in [-0.2, 0) is 0 Å². The summed E-state index contributed by atoms with van der Waals surface area (Å²) < 4.78 is 19.0. The highest BCUT2D eigenvalue weighted by molar-refractivity contribution is 6.03. The first-order valence-corrected chi connectivity index (χ1v) is 8.39. The standard InChI is InChI=1S/C21H17FN2O2/c1-14-5-2-6-15(11-14)19-13-18(20-9-4-10-26-20)23-24(19)21(25)16-7-3-8-17(22)12-16/h2-12,19H,13H2,1H3. The maximum atomic E-state index is 13.6. The number of hydrogen-bond donors (Lipinski definition) is 0. The highest BCUT2D eigenvalue weighted by atomic mass is 19.1. The van der Waals surface area contributed by atoms with Gasteiger partial charge in [-0.2, -0.15) is 5.10 Å². The van der Waals surface area contributed by atoms with E-state index < -0.39 is 5.82 Å². The Hall–Kier alpha value is -3.21. The number of benzene rings is 2. The lowest BCUT2D eigenvalue weighted by Crippen LogP contribution is -2.27. The molecule has 1 atom stereocenters. The summed E-state index contributed by atoms with van der Waals surface area (Å²) in [4.78, 5) is 13.0. The van der Waals surface area contributed by atoms with Gasteiger partial charge in [-0.05, 0) is 42.8 Å². The van der Waals surface area contributed by atoms with E-state index in [-0.39, 0.29) is 17.5 Å². The highest BCUT2D eigenvalue weighted by Crippen LogP contribution is 2.34. The maximum absolute atomic E-state index is 13.6. The zero-order valence-electron chi connectivity index (χ0n) is 14.2. The van der Waals surface area contributed by atoms with E-state index in [4.69, 9.17) is 4.42 Å². The molecule has 2 aromatic carbocycles. The van der Waals surface area contributed by atoms with Crippen LogP contribution in [0.15, 0.2) is 76.4 Å². The number of halogens is 1. The fourth-order valence-electron chi connectivity index (χ4n) is 3.18. The molecule has 0 N–H and O–H groups in total. The van der Waals surface area contributed by atoms with Gasteiger partial charge in [0.1, 0.15) is 17.3 Å². The Bertz CT molecular complexity index is 979. The van der Waals surface area contributed by atoms with Crippen LogP contribution >= 0.6 is 0 Å². The number of hydrogen-bond acceptors (Lipinski definition) is 3. The molecule has 1 aromatic heterocycles. The van der Waals surface area contributed by atoms with Crippen molar-refractivity contribution in [2.45, 2.75) is 19.4 Å². The Morgan fingerprint density at radius 2 is 2.00 bits per heavy atom. The molecule has 1 aliphatic rings. The van der Waals surface area contributed by atoms with E-state index in [1.807, 2.05) is 37.3 Å². The van der Waals surface area contributed by atoms with E-state index in [9.17, 15) is 9.18 Å². The number of furan rings is 1. The summed E-state index contributed by atoms with van der Waals surface area (Å²) in [6, 6.07) is 17.0. The van der Waals surface area contributed by atoms with Crippen LogP contribution < -0.4 is 0 Å². The average Bonchev–Trinajstić information content (AvgIpc) is 3.30. The first-order chi connectivity index (χ1) is 12.6. The SMILES string of the molecule is Cc1cccc(C2CC(c3ccco3)=NN2C(=O)c2cccc(F)c2)c1. The largest absolute Gasteiger partial charge is 0.463 e. The smallest absolute Gasteiger partial charge is 0.274 e. The Kier molecular flexibility index (Phi) is 4.13. The van der Waals surface area contributed by atoms with Crippen LogP contribution in [0.3, 0.4) is 0 Å². The minimum atomic E-state index is -0.447. The fraction of sp³-hybridized carbons (Fsp3) is 0.143. The van der Waals surface area contributed by atoms with Crippen LogP contribution in [0.25, 0.3) is 0 Å². The summed E-state index contributed by atoms with van der Waals surface area (Å²) in [5.41, 5.74) is 3.06. The minimum Gasteiger partial charge on any atom is -0.463 e. The lowest BCUT2D eigenvalue weighted by molar-refractivity contribution is 0.0710. The Balaban J connectivity index is 1.74. The molecule has 130 valence electrons. The Labute approximate surface area is 150 Å². The van der Waals surface area contributed by atoms with Crippen molar-refractivity contribution in [1.82, 2.24) is 5.01 Å². The summed E-state index contributed by atoms with van der Waals surface area (Å²) >= 11 is 0. The van der Waals surface area contributed by atoms with Crippen molar-refractivity contribution in [2.75, 3.05) is 0 Å². The van der Waals surface area contributed by atoms with Crippen molar-refractivity contribution in [3.63, 3.8) is 0 Å². The third-order valence-corrected chi connectivity index (χ3v) is 4.42. The minimum absolute atomic E-state index is 0.259. The maximum Gasteiger partial charge on any atom is 0.274 e. The van der Waals surface area contributed by atoms with Gasteiger partial charge in [0, 0.05) is 12.0 Å². The lowest BCUT2D eigenvalue weighted by Gasteiger charge is -2.22. The molecule has 4 rings (SSSR count). The normalized spacial score (nSPS) is 16.6. The van der Waals surface area contributed by atoms with Gasteiger partial charge in [-0.3, -0.25) is 4.79 Å². The van der Waals surface area contributed by atoms with E-state index in [1.165, 1.54) is 23.2 Å². The molecule has 3 aromatic rings. The fourth-order valence-corrected chi connectivity index (χ4v) is 3.18. The van der Waals surface area contributed by atoms with Crippen LogP contribution in [0.2, 0.25) is 0 Å². The van der Waals surface area contributed by atoms with Crippen LogP contribution in [-0.4, -0.2) is 16.6 Å². The molecule has 0 bridgehead atoms. The second kappa shape index (κ2) is 6.59. The van der Waals surface area contributed by atoms with Gasteiger partial charge in [0.15, 0.2) is 0 Å². The van der Waals surface area contributed by atoms with Crippen LogP contribution in [0.4, 0.5) is 4.39 Å². The van der Waals surface area contributed by atoms with Gasteiger partial charge in [-0.1, -0.05) is 35.9 Å². The molecule has 1 unspecified atom stereocenters. The first-order valence-electron chi connectivity index (χ1n) is 8.39. The second-order valence-electron chi connectivity index (χ2n) is 6.32. The second-order valence-corrected chi connectivity index (χ2v) is 6.32. The van der Waals surface area contributed by atoms with Gasteiger partial charge in [0.25, 0.3) is 5.91 Å². The number of aryl methyl sites for hydroxylation is 1. The first kappa shape index (κ1) is 16.3. The molecule has 2 heterocycles. The van der Waals surface area contributed by atoms with Crippen molar-refractivity contribution < 1.29 is 13.6 Å². The topological polar surface area (TPSA) is 45.8 Å². The number of rotatable bonds is 3. The van der Waals surface area contributed by atoms with E-state index in [0.717, 1.165) is 11.1 Å². The van der Waals surface area contributed by atoms with Crippen LogP contribution in [0.5, 0.6) is 0 Å². The van der Waals surface area contributed by atoms with Gasteiger partial charge in [-0.15, -0.1) is 0 Å². The number of carbonyl (C=O) groups is 1. The summed E-state index contributed by atoms with van der Waals surface area (Å²) in [5, 5.41) is 5.94. The Morgan fingerprint density at radius 1 is 1.15 bits per heavy atom. The van der Waals surface area contributed by atoms with Gasteiger partial charge in [0.2, 0.25) is 0 Å². The Morgan fingerprint density at radius 3 is 2.73 bits per heavy atom. The highest BCUT2D eigenvalue weighted by Gasteiger charge is 2.34. The molecule has 26 heavy (non-hydrogen) atoms. The van der Waals surface area contributed by atoms with Crippen molar-refractivity contribution in [3.8, 4) is 0 Å². The van der Waals surface area contributed by atoms with Crippen LogP contribution in [0, 0.1) is 12.7 Å². The van der Waals surface area contributed by atoms with Gasteiger partial charge < -0.3 is 4.42 Å². The molecular formula is C21H17FN2O2. The van der Waals surface area contributed by atoms with Crippen LogP contribution in [0.1, 0.15) is 39.7 Å². The summed E-state index contributed by atoms with van der Waals surface area (Å²) in [5.74, 6) is -0.146. The molecule has 4 nitrogen and oxygen atoms in total. The molecule has 5 heteroatoms. The van der Waals surface area contributed by atoms with Crippen molar-refractivity contribution in [3.05, 3.63) is 95.2 Å². The summed E-state index contributed by atoms with van der Waals surface area (Å²) in [7, 11) is 0. The molecule has 0 aliphatic carbocycles. The third kappa shape index (κ3) is 3.04. The number of hydrazone groups is 1. The predicted octanol–water partition coefficient (Wildman–Crippen LogP) is 4.72. The average molecular weight is 348 g/mol. The molecular weight excluding hydrogens is 331 g/mol. The lowest BCUT2D eigenvalue weighted by atomic mass is 9.99.